The van der Waals surface area contributed by atoms with E-state index in [4.69, 9.17) is 11.5 Å². The highest BCUT2D eigenvalue weighted by Gasteiger charge is 2.13. The zero-order valence-electron chi connectivity index (χ0n) is 10.5. The normalized spacial score (nSPS) is 12.3. The Hall–Kier alpha value is -1.94. The van der Waals surface area contributed by atoms with Crippen LogP contribution in [-0.4, -0.2) is 9.97 Å². The van der Waals surface area contributed by atoms with Crippen LogP contribution in [0.1, 0.15) is 29.8 Å². The highest BCUT2D eigenvalue weighted by molar-refractivity contribution is 5.45. The molecule has 0 aliphatic carbocycles. The number of nitrogens with zero attached hydrogens (tertiary/aromatic N) is 2. The van der Waals surface area contributed by atoms with Gasteiger partial charge in [0.1, 0.15) is 0 Å². The molecule has 2 rings (SSSR count). The van der Waals surface area contributed by atoms with Crippen LogP contribution in [0.5, 0.6) is 0 Å². The van der Waals surface area contributed by atoms with Crippen LogP contribution in [-0.2, 0) is 12.8 Å². The minimum absolute atomic E-state index is 0.146. The van der Waals surface area contributed by atoms with Crippen LogP contribution in [0.25, 0.3) is 0 Å². The number of aryl methyl sites for hydroxylation is 1. The average Bonchev–Trinajstić information content (AvgIpc) is 2.41. The Kier molecular flexibility index (Phi) is 3.89. The first-order valence-electron chi connectivity index (χ1n) is 6.10. The monoisotopic (exact) mass is 242 g/mol. The van der Waals surface area contributed by atoms with Gasteiger partial charge in [-0.2, -0.15) is 0 Å². The van der Waals surface area contributed by atoms with Gasteiger partial charge in [0.05, 0.1) is 11.7 Å². The van der Waals surface area contributed by atoms with Crippen LogP contribution in [0.3, 0.4) is 0 Å². The first-order valence-corrected chi connectivity index (χ1v) is 6.10. The lowest BCUT2D eigenvalue weighted by Gasteiger charge is -2.15. The van der Waals surface area contributed by atoms with Crippen molar-refractivity contribution in [3.05, 3.63) is 53.6 Å². The van der Waals surface area contributed by atoms with E-state index in [1.54, 1.807) is 24.7 Å². The standard InChI is InChI=1S/C14H18N4/c1-2-10-4-3-6-18-14(10)13(16)8-11-9-17-7-5-12(11)15/h3-7,9,13H,2,8,16H2,1H3,(H2,15,17). The molecule has 0 spiro atoms. The van der Waals surface area contributed by atoms with E-state index in [1.165, 1.54) is 5.56 Å². The van der Waals surface area contributed by atoms with E-state index >= 15 is 0 Å². The van der Waals surface area contributed by atoms with Crippen molar-refractivity contribution in [3.63, 3.8) is 0 Å². The number of hydrogen-bond donors (Lipinski definition) is 2. The molecule has 2 aromatic heterocycles. The predicted octanol–water partition coefficient (Wildman–Crippen LogP) is 1.86. The van der Waals surface area contributed by atoms with Gasteiger partial charge in [-0.1, -0.05) is 13.0 Å². The van der Waals surface area contributed by atoms with Crippen LogP contribution in [0.15, 0.2) is 36.8 Å². The van der Waals surface area contributed by atoms with Crippen LogP contribution < -0.4 is 11.5 Å². The molecule has 1 atom stereocenters. The average molecular weight is 242 g/mol. The summed E-state index contributed by atoms with van der Waals surface area (Å²) in [6.07, 6.45) is 6.82. The summed E-state index contributed by atoms with van der Waals surface area (Å²) in [7, 11) is 0. The number of hydrogen-bond acceptors (Lipinski definition) is 4. The van der Waals surface area contributed by atoms with E-state index in [9.17, 15) is 0 Å². The van der Waals surface area contributed by atoms with Gasteiger partial charge in [-0.15, -0.1) is 0 Å². The molecular formula is C14H18N4. The maximum absolute atomic E-state index is 6.23. The van der Waals surface area contributed by atoms with Gasteiger partial charge in [-0.25, -0.2) is 0 Å². The zero-order chi connectivity index (χ0) is 13.0. The predicted molar refractivity (Wildman–Crippen MR) is 72.9 cm³/mol. The molecule has 0 amide bonds. The summed E-state index contributed by atoms with van der Waals surface area (Å²) >= 11 is 0. The van der Waals surface area contributed by atoms with Gasteiger partial charge in [-0.05, 0) is 36.1 Å². The molecule has 4 N–H and O–H groups in total. The van der Waals surface area contributed by atoms with Crippen LogP contribution >= 0.6 is 0 Å². The second-order valence-electron chi connectivity index (χ2n) is 4.29. The lowest BCUT2D eigenvalue weighted by atomic mass is 9.99. The van der Waals surface area contributed by atoms with Crippen molar-refractivity contribution in [3.8, 4) is 0 Å². The quantitative estimate of drug-likeness (QED) is 0.858. The summed E-state index contributed by atoms with van der Waals surface area (Å²) in [6.45, 7) is 2.10. The number of rotatable bonds is 4. The fourth-order valence-corrected chi connectivity index (χ4v) is 2.03. The molecule has 0 fully saturated rings. The SMILES string of the molecule is CCc1cccnc1C(N)Cc1cnccc1N. The molecule has 0 saturated carbocycles. The maximum atomic E-state index is 6.23. The molecule has 0 bridgehead atoms. The van der Waals surface area contributed by atoms with Gasteiger partial charge in [0.2, 0.25) is 0 Å². The van der Waals surface area contributed by atoms with E-state index in [0.29, 0.717) is 6.42 Å². The first-order chi connectivity index (χ1) is 8.72. The van der Waals surface area contributed by atoms with Gasteiger partial charge in [-0.3, -0.25) is 9.97 Å². The fourth-order valence-electron chi connectivity index (χ4n) is 2.03. The molecule has 0 saturated heterocycles. The fraction of sp³-hybridized carbons (Fsp3) is 0.286. The second kappa shape index (κ2) is 5.60. The first kappa shape index (κ1) is 12.5. The van der Waals surface area contributed by atoms with E-state index in [-0.39, 0.29) is 6.04 Å². The van der Waals surface area contributed by atoms with Gasteiger partial charge in [0, 0.05) is 24.3 Å². The topological polar surface area (TPSA) is 77.8 Å². The molecule has 0 radical (unpaired) electrons. The molecule has 4 nitrogen and oxygen atoms in total. The highest BCUT2D eigenvalue weighted by Crippen LogP contribution is 2.20. The van der Waals surface area contributed by atoms with Gasteiger partial charge >= 0.3 is 0 Å². The Balaban J connectivity index is 2.22. The Morgan fingerprint density at radius 3 is 2.78 bits per heavy atom. The molecule has 94 valence electrons. The van der Waals surface area contributed by atoms with Crippen LogP contribution in [0.4, 0.5) is 5.69 Å². The molecule has 18 heavy (non-hydrogen) atoms. The molecule has 0 aromatic carbocycles. The molecular weight excluding hydrogens is 224 g/mol. The summed E-state index contributed by atoms with van der Waals surface area (Å²) in [5.74, 6) is 0. The maximum Gasteiger partial charge on any atom is 0.0606 e. The third-order valence-electron chi connectivity index (χ3n) is 3.04. The number of nitrogens with two attached hydrogens (primary N) is 2. The lowest BCUT2D eigenvalue weighted by Crippen LogP contribution is -2.17. The van der Waals surface area contributed by atoms with Crippen molar-refractivity contribution in [2.45, 2.75) is 25.8 Å². The van der Waals surface area contributed by atoms with E-state index in [0.717, 1.165) is 23.4 Å². The lowest BCUT2D eigenvalue weighted by molar-refractivity contribution is 0.685. The summed E-state index contributed by atoms with van der Waals surface area (Å²) in [4.78, 5) is 8.47. The van der Waals surface area contributed by atoms with Crippen molar-refractivity contribution in [2.24, 2.45) is 5.73 Å². The zero-order valence-corrected chi connectivity index (χ0v) is 10.5. The minimum Gasteiger partial charge on any atom is -0.398 e. The van der Waals surface area contributed by atoms with Gasteiger partial charge in [0.15, 0.2) is 0 Å². The van der Waals surface area contributed by atoms with Crippen molar-refractivity contribution in [2.75, 3.05) is 5.73 Å². The molecule has 4 heteroatoms. The van der Waals surface area contributed by atoms with Crippen molar-refractivity contribution < 1.29 is 0 Å². The minimum atomic E-state index is -0.146. The number of nitrogen functional groups attached to an aromatic ring is 1. The molecule has 0 aliphatic rings. The van der Waals surface area contributed by atoms with E-state index < -0.39 is 0 Å². The number of aromatic nitrogens is 2. The van der Waals surface area contributed by atoms with E-state index in [2.05, 4.69) is 23.0 Å². The summed E-state index contributed by atoms with van der Waals surface area (Å²) in [6, 6.07) is 5.65. The Labute approximate surface area is 107 Å². The van der Waals surface area contributed by atoms with Crippen molar-refractivity contribution in [1.29, 1.82) is 0 Å². The summed E-state index contributed by atoms with van der Waals surface area (Å²) < 4.78 is 0. The van der Waals surface area contributed by atoms with Crippen molar-refractivity contribution in [1.82, 2.24) is 9.97 Å². The number of pyridine rings is 2. The van der Waals surface area contributed by atoms with E-state index in [1.807, 2.05) is 6.07 Å². The Morgan fingerprint density at radius 2 is 2.06 bits per heavy atom. The highest BCUT2D eigenvalue weighted by atomic mass is 14.8. The summed E-state index contributed by atoms with van der Waals surface area (Å²) in [5, 5.41) is 0. The number of anilines is 1. The smallest absolute Gasteiger partial charge is 0.0606 e. The Morgan fingerprint density at radius 1 is 1.22 bits per heavy atom. The molecule has 1 unspecified atom stereocenters. The molecule has 0 aliphatic heterocycles. The van der Waals surface area contributed by atoms with Crippen LogP contribution in [0.2, 0.25) is 0 Å². The third kappa shape index (κ3) is 2.65. The second-order valence-corrected chi connectivity index (χ2v) is 4.29. The van der Waals surface area contributed by atoms with Crippen molar-refractivity contribution >= 4 is 5.69 Å². The largest absolute Gasteiger partial charge is 0.398 e. The summed E-state index contributed by atoms with van der Waals surface area (Å²) in [5.41, 5.74) is 16.0. The van der Waals surface area contributed by atoms with Crippen LogP contribution in [0, 0.1) is 0 Å². The molecule has 2 aromatic rings. The Bertz CT molecular complexity index is 525. The van der Waals surface area contributed by atoms with Gasteiger partial charge in [0.25, 0.3) is 0 Å². The third-order valence-corrected chi connectivity index (χ3v) is 3.04. The van der Waals surface area contributed by atoms with Gasteiger partial charge < -0.3 is 11.5 Å². The molecule has 2 heterocycles.